The maximum absolute atomic E-state index is 12.2. The highest BCUT2D eigenvalue weighted by molar-refractivity contribution is 7.92. The van der Waals surface area contributed by atoms with Crippen LogP contribution in [0.1, 0.15) is 12.5 Å². The van der Waals surface area contributed by atoms with Gasteiger partial charge in [0.05, 0.1) is 11.4 Å². The van der Waals surface area contributed by atoms with Crippen LogP contribution in [-0.2, 0) is 10.0 Å². The fourth-order valence-corrected chi connectivity index (χ4v) is 4.95. The van der Waals surface area contributed by atoms with Crippen LogP contribution in [-0.4, -0.2) is 45.6 Å². The second-order valence-electron chi connectivity index (χ2n) is 7.70. The minimum absolute atomic E-state index is 0.175. The summed E-state index contributed by atoms with van der Waals surface area (Å²) < 4.78 is 33.4. The van der Waals surface area contributed by atoms with Crippen LogP contribution in [0.2, 0.25) is 0 Å². The van der Waals surface area contributed by atoms with Gasteiger partial charge in [0, 0.05) is 24.1 Å². The Kier molecular flexibility index (Phi) is 5.31. The Balaban J connectivity index is 1.50. The Morgan fingerprint density at radius 1 is 1.06 bits per heavy atom. The highest BCUT2D eigenvalue weighted by Gasteiger charge is 2.33. The van der Waals surface area contributed by atoms with Gasteiger partial charge in [-0.3, -0.25) is 0 Å². The van der Waals surface area contributed by atoms with E-state index in [0.717, 1.165) is 16.7 Å². The predicted molar refractivity (Wildman–Crippen MR) is 126 cm³/mol. The van der Waals surface area contributed by atoms with Crippen molar-refractivity contribution in [2.24, 2.45) is 0 Å². The number of nitrogens with zero attached hydrogens (tertiary/aromatic N) is 5. The zero-order chi connectivity index (χ0) is 23.0. The SMILES string of the molecule is C=CS(=O)(=O)N1CCC(n2nc(-c3ccc(Oc4ccccc4)cc3)c3c(N)ncnc32)C1. The molecule has 1 fully saturated rings. The second kappa shape index (κ2) is 8.30. The normalized spacial score (nSPS) is 16.8. The minimum atomic E-state index is -3.49. The van der Waals surface area contributed by atoms with Gasteiger partial charge in [-0.05, 0) is 42.8 Å². The van der Waals surface area contributed by atoms with Crippen molar-refractivity contribution < 1.29 is 13.2 Å². The van der Waals surface area contributed by atoms with Crippen molar-refractivity contribution in [1.82, 2.24) is 24.1 Å². The van der Waals surface area contributed by atoms with Crippen molar-refractivity contribution in [3.63, 3.8) is 0 Å². The molecule has 0 radical (unpaired) electrons. The molecule has 1 unspecified atom stereocenters. The minimum Gasteiger partial charge on any atom is -0.457 e. The summed E-state index contributed by atoms with van der Waals surface area (Å²) in [6, 6.07) is 16.9. The lowest BCUT2D eigenvalue weighted by molar-refractivity contribution is 0.445. The molecule has 2 N–H and O–H groups in total. The molecule has 0 aliphatic carbocycles. The third-order valence-corrected chi connectivity index (χ3v) is 7.14. The van der Waals surface area contributed by atoms with Crippen LogP contribution in [0.5, 0.6) is 11.5 Å². The van der Waals surface area contributed by atoms with E-state index in [1.54, 1.807) is 4.68 Å². The molecule has 9 nitrogen and oxygen atoms in total. The average Bonchev–Trinajstić information content (AvgIpc) is 3.47. The first-order valence-electron chi connectivity index (χ1n) is 10.4. The third-order valence-electron chi connectivity index (χ3n) is 5.67. The number of fused-ring (bicyclic) bond motifs is 1. The standard InChI is InChI=1S/C23H22N6O3S/c1-2-33(30,31)28-13-12-17(14-28)29-23-20(22(24)25-15-26-23)21(27-29)16-8-10-19(11-9-16)32-18-6-4-3-5-7-18/h2-11,15,17H,1,12-14H2,(H2,24,25,26). The fourth-order valence-electron chi connectivity index (χ4n) is 4.00. The molecule has 33 heavy (non-hydrogen) atoms. The van der Waals surface area contributed by atoms with Gasteiger partial charge in [0.2, 0.25) is 10.0 Å². The summed E-state index contributed by atoms with van der Waals surface area (Å²) in [7, 11) is -3.49. The maximum Gasteiger partial charge on any atom is 0.235 e. The number of nitrogens with two attached hydrogens (primary N) is 1. The van der Waals surface area contributed by atoms with E-state index in [1.807, 2.05) is 54.6 Å². The van der Waals surface area contributed by atoms with E-state index in [-0.39, 0.29) is 6.04 Å². The molecule has 1 saturated heterocycles. The van der Waals surface area contributed by atoms with Crippen LogP contribution in [0.25, 0.3) is 22.3 Å². The Bertz CT molecular complexity index is 1420. The molecule has 0 saturated carbocycles. The smallest absolute Gasteiger partial charge is 0.235 e. The summed E-state index contributed by atoms with van der Waals surface area (Å²) in [5, 5.41) is 6.42. The molecule has 1 aliphatic heterocycles. The molecule has 2 aromatic carbocycles. The van der Waals surface area contributed by atoms with E-state index in [9.17, 15) is 8.42 Å². The molecule has 4 aromatic rings. The number of para-hydroxylation sites is 1. The zero-order valence-electron chi connectivity index (χ0n) is 17.7. The van der Waals surface area contributed by atoms with Gasteiger partial charge < -0.3 is 10.5 Å². The van der Waals surface area contributed by atoms with E-state index < -0.39 is 10.0 Å². The summed E-state index contributed by atoms with van der Waals surface area (Å²) in [4.78, 5) is 8.55. The van der Waals surface area contributed by atoms with E-state index in [4.69, 9.17) is 15.6 Å². The van der Waals surface area contributed by atoms with Gasteiger partial charge in [0.25, 0.3) is 0 Å². The van der Waals surface area contributed by atoms with Crippen molar-refractivity contribution >= 4 is 26.9 Å². The van der Waals surface area contributed by atoms with Crippen molar-refractivity contribution in [2.75, 3.05) is 18.8 Å². The van der Waals surface area contributed by atoms with E-state index in [1.165, 1.54) is 10.6 Å². The van der Waals surface area contributed by atoms with Crippen molar-refractivity contribution in [2.45, 2.75) is 12.5 Å². The topological polar surface area (TPSA) is 116 Å². The lowest BCUT2D eigenvalue weighted by atomic mass is 10.1. The van der Waals surface area contributed by atoms with Crippen LogP contribution in [0.4, 0.5) is 5.82 Å². The molecule has 10 heteroatoms. The summed E-state index contributed by atoms with van der Waals surface area (Å²) in [5.74, 6) is 1.76. The van der Waals surface area contributed by atoms with Gasteiger partial charge in [-0.15, -0.1) is 0 Å². The highest BCUT2D eigenvalue weighted by atomic mass is 32.2. The van der Waals surface area contributed by atoms with Gasteiger partial charge >= 0.3 is 0 Å². The molecular weight excluding hydrogens is 440 g/mol. The number of anilines is 1. The Morgan fingerprint density at radius 2 is 1.79 bits per heavy atom. The molecule has 168 valence electrons. The number of rotatable bonds is 6. The average molecular weight is 463 g/mol. The quantitative estimate of drug-likeness (QED) is 0.465. The largest absolute Gasteiger partial charge is 0.457 e. The van der Waals surface area contributed by atoms with E-state index in [0.29, 0.717) is 47.8 Å². The van der Waals surface area contributed by atoms with Gasteiger partial charge in [-0.1, -0.05) is 24.8 Å². The number of hydrogen-bond donors (Lipinski definition) is 1. The van der Waals surface area contributed by atoms with Crippen molar-refractivity contribution in [1.29, 1.82) is 0 Å². The third kappa shape index (κ3) is 3.94. The molecular formula is C23H22N6O3S. The van der Waals surface area contributed by atoms with E-state index in [2.05, 4.69) is 16.5 Å². The summed E-state index contributed by atoms with van der Waals surface area (Å²) >= 11 is 0. The Morgan fingerprint density at radius 3 is 2.52 bits per heavy atom. The Hall–Kier alpha value is -3.76. The predicted octanol–water partition coefficient (Wildman–Crippen LogP) is 3.59. The molecule has 0 amide bonds. The number of benzene rings is 2. The number of hydrogen-bond acceptors (Lipinski definition) is 7. The van der Waals surface area contributed by atoms with Crippen molar-refractivity contribution in [3.05, 3.63) is 72.9 Å². The lowest BCUT2D eigenvalue weighted by Crippen LogP contribution is -2.27. The van der Waals surface area contributed by atoms with Gasteiger partial charge in [-0.2, -0.15) is 9.40 Å². The molecule has 3 heterocycles. The van der Waals surface area contributed by atoms with Gasteiger partial charge in [-0.25, -0.2) is 23.1 Å². The highest BCUT2D eigenvalue weighted by Crippen LogP contribution is 2.35. The number of ether oxygens (including phenoxy) is 1. The summed E-state index contributed by atoms with van der Waals surface area (Å²) in [5.41, 5.74) is 8.25. The summed E-state index contributed by atoms with van der Waals surface area (Å²) in [6.07, 6.45) is 2.00. The van der Waals surface area contributed by atoms with Crippen LogP contribution in [0, 0.1) is 0 Å². The molecule has 0 bridgehead atoms. The molecule has 1 aliphatic rings. The van der Waals surface area contributed by atoms with Gasteiger partial charge in [0.15, 0.2) is 5.65 Å². The number of sulfonamides is 1. The van der Waals surface area contributed by atoms with Crippen LogP contribution in [0.3, 0.4) is 0 Å². The van der Waals surface area contributed by atoms with Gasteiger partial charge in [0.1, 0.15) is 29.3 Å². The zero-order valence-corrected chi connectivity index (χ0v) is 18.5. The lowest BCUT2D eigenvalue weighted by Gasteiger charge is -2.14. The first kappa shape index (κ1) is 21.1. The second-order valence-corrected chi connectivity index (χ2v) is 9.58. The molecule has 0 spiro atoms. The monoisotopic (exact) mass is 462 g/mol. The van der Waals surface area contributed by atoms with Crippen LogP contribution in [0.15, 0.2) is 72.9 Å². The molecule has 5 rings (SSSR count). The van der Waals surface area contributed by atoms with Crippen LogP contribution >= 0.6 is 0 Å². The maximum atomic E-state index is 12.2. The molecule has 2 aromatic heterocycles. The van der Waals surface area contributed by atoms with Crippen molar-refractivity contribution in [3.8, 4) is 22.8 Å². The first-order valence-corrected chi connectivity index (χ1v) is 11.9. The Labute approximate surface area is 191 Å². The van der Waals surface area contributed by atoms with Crippen LogP contribution < -0.4 is 10.5 Å². The van der Waals surface area contributed by atoms with E-state index >= 15 is 0 Å². The number of aromatic nitrogens is 4. The number of nitrogen functional groups attached to an aromatic ring is 1. The fraction of sp³-hybridized carbons (Fsp3) is 0.174. The summed E-state index contributed by atoms with van der Waals surface area (Å²) in [6.45, 7) is 4.09. The molecule has 1 atom stereocenters. The first-order chi connectivity index (χ1) is 16.0.